The van der Waals surface area contributed by atoms with Gasteiger partial charge in [0.05, 0.1) is 16.5 Å². The number of benzene rings is 1. The maximum atomic E-state index is 12.5. The van der Waals surface area contributed by atoms with Crippen molar-refractivity contribution in [2.24, 2.45) is 0 Å². The number of rotatable bonds is 3. The highest BCUT2D eigenvalue weighted by Gasteiger charge is 2.29. The molecular weight excluding hydrogens is 262 g/mol. The van der Waals surface area contributed by atoms with Crippen LogP contribution in [-0.4, -0.2) is 38.9 Å². The van der Waals surface area contributed by atoms with Crippen LogP contribution in [0, 0.1) is 11.3 Å². The molecule has 1 saturated heterocycles. The van der Waals surface area contributed by atoms with Crippen LogP contribution in [0.25, 0.3) is 0 Å². The third-order valence-electron chi connectivity index (χ3n) is 3.41. The average molecular weight is 279 g/mol. The van der Waals surface area contributed by atoms with Crippen LogP contribution in [0.4, 0.5) is 0 Å². The minimum Gasteiger partial charge on any atom is -0.316 e. The molecule has 6 heteroatoms. The molecule has 0 aliphatic carbocycles. The van der Waals surface area contributed by atoms with E-state index < -0.39 is 10.0 Å². The monoisotopic (exact) mass is 279 g/mol. The lowest BCUT2D eigenvalue weighted by Gasteiger charge is -2.31. The summed E-state index contributed by atoms with van der Waals surface area (Å²) < 4.78 is 26.4. The molecule has 0 aromatic heterocycles. The van der Waals surface area contributed by atoms with Crippen LogP contribution in [0.15, 0.2) is 29.2 Å². The zero-order valence-electron chi connectivity index (χ0n) is 10.8. The molecule has 0 unspecified atom stereocenters. The SMILES string of the molecule is CN[C@H]1CCCN(S(=O)(=O)c2ccc(C#N)cc2)C1. The molecule has 1 aromatic rings. The van der Waals surface area contributed by atoms with Gasteiger partial charge in [-0.3, -0.25) is 0 Å². The first-order valence-corrected chi connectivity index (χ1v) is 7.69. The molecule has 0 saturated carbocycles. The van der Waals surface area contributed by atoms with Crippen LogP contribution in [0.2, 0.25) is 0 Å². The fraction of sp³-hybridized carbons (Fsp3) is 0.462. The van der Waals surface area contributed by atoms with Crippen molar-refractivity contribution < 1.29 is 8.42 Å². The fourth-order valence-electron chi connectivity index (χ4n) is 2.25. The number of sulfonamides is 1. The van der Waals surface area contributed by atoms with E-state index in [2.05, 4.69) is 5.32 Å². The van der Waals surface area contributed by atoms with E-state index in [9.17, 15) is 8.42 Å². The smallest absolute Gasteiger partial charge is 0.243 e. The Morgan fingerprint density at radius 3 is 2.63 bits per heavy atom. The molecule has 0 bridgehead atoms. The second-order valence-corrected chi connectivity index (χ2v) is 6.56. The normalized spacial score (nSPS) is 20.9. The Balaban J connectivity index is 2.23. The summed E-state index contributed by atoms with van der Waals surface area (Å²) in [6.45, 7) is 1.05. The molecule has 5 nitrogen and oxygen atoms in total. The van der Waals surface area contributed by atoms with Gasteiger partial charge in [0.2, 0.25) is 10.0 Å². The summed E-state index contributed by atoms with van der Waals surface area (Å²) in [4.78, 5) is 0.253. The first-order valence-electron chi connectivity index (χ1n) is 6.25. The first kappa shape index (κ1) is 14.0. The molecule has 1 aromatic carbocycles. The van der Waals surface area contributed by atoms with Crippen LogP contribution in [0.5, 0.6) is 0 Å². The molecule has 0 spiro atoms. The molecule has 1 aliphatic rings. The predicted octanol–water partition coefficient (Wildman–Crippen LogP) is 0.931. The molecule has 1 atom stereocenters. The summed E-state index contributed by atoms with van der Waals surface area (Å²) in [5.41, 5.74) is 0.464. The fourth-order valence-corrected chi connectivity index (χ4v) is 3.77. The number of nitriles is 1. The maximum absolute atomic E-state index is 12.5. The topological polar surface area (TPSA) is 73.2 Å². The van der Waals surface area contributed by atoms with Crippen molar-refractivity contribution in [3.05, 3.63) is 29.8 Å². The summed E-state index contributed by atoms with van der Waals surface area (Å²) >= 11 is 0. The second kappa shape index (κ2) is 5.70. The Kier molecular flexibility index (Phi) is 4.20. The van der Waals surface area contributed by atoms with E-state index >= 15 is 0 Å². The van der Waals surface area contributed by atoms with Crippen LogP contribution in [0.3, 0.4) is 0 Å². The highest BCUT2D eigenvalue weighted by molar-refractivity contribution is 7.89. The molecule has 1 N–H and O–H groups in total. The summed E-state index contributed by atoms with van der Waals surface area (Å²) in [5.74, 6) is 0. The first-order chi connectivity index (χ1) is 9.07. The van der Waals surface area contributed by atoms with E-state index in [1.165, 1.54) is 28.6 Å². The van der Waals surface area contributed by atoms with Crippen LogP contribution in [0.1, 0.15) is 18.4 Å². The van der Waals surface area contributed by atoms with Gasteiger partial charge in [0.25, 0.3) is 0 Å². The van der Waals surface area contributed by atoms with E-state index in [1.807, 2.05) is 13.1 Å². The minimum absolute atomic E-state index is 0.210. The van der Waals surface area contributed by atoms with Crippen molar-refractivity contribution >= 4 is 10.0 Å². The molecule has 0 radical (unpaired) electrons. The van der Waals surface area contributed by atoms with Crippen molar-refractivity contribution in [2.75, 3.05) is 20.1 Å². The molecule has 1 aliphatic heterocycles. The van der Waals surface area contributed by atoms with Gasteiger partial charge in [-0.25, -0.2) is 8.42 Å². The van der Waals surface area contributed by atoms with Crippen LogP contribution >= 0.6 is 0 Å². The van der Waals surface area contributed by atoms with Crippen LogP contribution in [-0.2, 0) is 10.0 Å². The number of hydrogen-bond donors (Lipinski definition) is 1. The predicted molar refractivity (Wildman–Crippen MR) is 72.0 cm³/mol. The van der Waals surface area contributed by atoms with Gasteiger partial charge in [0.15, 0.2) is 0 Å². The van der Waals surface area contributed by atoms with Gasteiger partial charge in [-0.2, -0.15) is 9.57 Å². The molecular formula is C13H17N3O2S. The lowest BCUT2D eigenvalue weighted by Crippen LogP contribution is -2.46. The Morgan fingerprint density at radius 1 is 1.37 bits per heavy atom. The van der Waals surface area contributed by atoms with E-state index in [1.54, 1.807) is 0 Å². The van der Waals surface area contributed by atoms with Gasteiger partial charge in [0, 0.05) is 19.1 Å². The number of hydrogen-bond acceptors (Lipinski definition) is 4. The highest BCUT2D eigenvalue weighted by Crippen LogP contribution is 2.20. The van der Waals surface area contributed by atoms with Gasteiger partial charge in [0.1, 0.15) is 0 Å². The third kappa shape index (κ3) is 2.95. The Labute approximate surface area is 113 Å². The quantitative estimate of drug-likeness (QED) is 0.893. The van der Waals surface area contributed by atoms with Crippen molar-refractivity contribution in [1.82, 2.24) is 9.62 Å². The summed E-state index contributed by atoms with van der Waals surface area (Å²) in [5, 5.41) is 11.9. The standard InChI is InChI=1S/C13H17N3O2S/c1-15-12-3-2-8-16(10-12)19(17,18)13-6-4-11(9-14)5-7-13/h4-7,12,15H,2-3,8,10H2,1H3/t12-/m0/s1. The molecule has 102 valence electrons. The van der Waals surface area contributed by atoms with Gasteiger partial charge < -0.3 is 5.32 Å². The van der Waals surface area contributed by atoms with Crippen molar-refractivity contribution in [3.63, 3.8) is 0 Å². The summed E-state index contributed by atoms with van der Waals surface area (Å²) in [6.07, 6.45) is 1.86. The Morgan fingerprint density at radius 2 is 2.05 bits per heavy atom. The summed E-state index contributed by atoms with van der Waals surface area (Å²) in [7, 11) is -1.60. The highest BCUT2D eigenvalue weighted by atomic mass is 32.2. The molecule has 19 heavy (non-hydrogen) atoms. The number of nitrogens with one attached hydrogen (secondary N) is 1. The number of likely N-dealkylation sites (N-methyl/N-ethyl adjacent to an activating group) is 1. The average Bonchev–Trinajstić information content (AvgIpc) is 2.47. The number of nitrogens with zero attached hydrogens (tertiary/aromatic N) is 2. The third-order valence-corrected chi connectivity index (χ3v) is 5.29. The zero-order valence-corrected chi connectivity index (χ0v) is 11.7. The largest absolute Gasteiger partial charge is 0.316 e. The molecule has 1 fully saturated rings. The molecule has 1 heterocycles. The lowest BCUT2D eigenvalue weighted by molar-refractivity contribution is 0.293. The number of piperidine rings is 1. The summed E-state index contributed by atoms with van der Waals surface area (Å²) in [6, 6.07) is 8.26. The van der Waals surface area contributed by atoms with E-state index in [4.69, 9.17) is 5.26 Å². The maximum Gasteiger partial charge on any atom is 0.243 e. The zero-order chi connectivity index (χ0) is 13.9. The van der Waals surface area contributed by atoms with E-state index in [-0.39, 0.29) is 10.9 Å². The van der Waals surface area contributed by atoms with Gasteiger partial charge in [-0.05, 0) is 44.2 Å². The minimum atomic E-state index is -3.45. The van der Waals surface area contributed by atoms with E-state index in [0.29, 0.717) is 18.7 Å². The van der Waals surface area contributed by atoms with Crippen LogP contribution < -0.4 is 5.32 Å². The van der Waals surface area contributed by atoms with Gasteiger partial charge in [-0.15, -0.1) is 0 Å². The Bertz CT molecular complexity index is 575. The second-order valence-electron chi connectivity index (χ2n) is 4.63. The van der Waals surface area contributed by atoms with E-state index in [0.717, 1.165) is 12.8 Å². The molecule has 0 amide bonds. The van der Waals surface area contributed by atoms with Crippen molar-refractivity contribution in [2.45, 2.75) is 23.8 Å². The Hall–Kier alpha value is -1.42. The van der Waals surface area contributed by atoms with Crippen molar-refractivity contribution in [1.29, 1.82) is 5.26 Å². The molecule has 2 rings (SSSR count). The van der Waals surface area contributed by atoms with Gasteiger partial charge >= 0.3 is 0 Å². The van der Waals surface area contributed by atoms with Crippen molar-refractivity contribution in [3.8, 4) is 6.07 Å². The lowest BCUT2D eigenvalue weighted by atomic mass is 10.1. The van der Waals surface area contributed by atoms with Gasteiger partial charge in [-0.1, -0.05) is 0 Å².